The largest absolute Gasteiger partial charge is 0.465 e. The molecule has 2 aromatic rings. The number of methoxy groups -OCH3 is 1. The first-order chi connectivity index (χ1) is 9.20. The van der Waals surface area contributed by atoms with Crippen LogP contribution in [0, 0.1) is 0 Å². The van der Waals surface area contributed by atoms with E-state index in [-0.39, 0.29) is 0 Å². The predicted molar refractivity (Wildman–Crippen MR) is 76.5 cm³/mol. The summed E-state index contributed by atoms with van der Waals surface area (Å²) in [6.45, 7) is 0.692. The van der Waals surface area contributed by atoms with Crippen molar-refractivity contribution in [3.05, 3.63) is 40.3 Å². The van der Waals surface area contributed by atoms with Gasteiger partial charge in [0.15, 0.2) is 0 Å². The van der Waals surface area contributed by atoms with Crippen LogP contribution in [0.25, 0.3) is 0 Å². The third-order valence-corrected chi connectivity index (χ3v) is 3.26. The fourth-order valence-electron chi connectivity index (χ4n) is 1.68. The molecule has 0 spiro atoms. The minimum atomic E-state index is -0.400. The molecule has 0 bridgehead atoms. The van der Waals surface area contributed by atoms with Gasteiger partial charge in [-0.1, -0.05) is 0 Å². The summed E-state index contributed by atoms with van der Waals surface area (Å²) < 4.78 is 4.74. The standard InChI is InChI=1S/C13H15N3O2S/c1-18-13(17)11-6-9(14)2-3-12(11)15-5-4-10-7-19-8-16-10/h2-3,6-8,15H,4-5,14H2,1H3. The van der Waals surface area contributed by atoms with Gasteiger partial charge in [-0.05, 0) is 18.2 Å². The molecule has 2 rings (SSSR count). The zero-order valence-electron chi connectivity index (χ0n) is 10.6. The molecule has 19 heavy (non-hydrogen) atoms. The molecule has 0 aliphatic heterocycles. The number of benzene rings is 1. The van der Waals surface area contributed by atoms with Gasteiger partial charge in [-0.2, -0.15) is 0 Å². The number of carbonyl (C=O) groups excluding carboxylic acids is 1. The van der Waals surface area contributed by atoms with Crippen molar-refractivity contribution in [1.82, 2.24) is 4.98 Å². The Balaban J connectivity index is 2.04. The van der Waals surface area contributed by atoms with Gasteiger partial charge in [0.25, 0.3) is 0 Å². The van der Waals surface area contributed by atoms with E-state index in [0.717, 1.165) is 17.8 Å². The van der Waals surface area contributed by atoms with Crippen LogP contribution in [0.4, 0.5) is 11.4 Å². The molecular formula is C13H15N3O2S. The second-order valence-corrected chi connectivity index (χ2v) is 4.67. The Morgan fingerprint density at radius 2 is 2.37 bits per heavy atom. The summed E-state index contributed by atoms with van der Waals surface area (Å²) in [5.41, 5.74) is 10.2. The Kier molecular flexibility index (Phi) is 4.35. The fourth-order valence-corrected chi connectivity index (χ4v) is 2.27. The normalized spacial score (nSPS) is 10.2. The number of nitrogen functional groups attached to an aromatic ring is 1. The SMILES string of the molecule is COC(=O)c1cc(N)ccc1NCCc1cscn1. The van der Waals surface area contributed by atoms with Crippen molar-refractivity contribution in [3.8, 4) is 0 Å². The number of ether oxygens (including phenoxy) is 1. The molecule has 0 amide bonds. The van der Waals surface area contributed by atoms with E-state index in [0.29, 0.717) is 17.8 Å². The van der Waals surface area contributed by atoms with Crippen LogP contribution in [0.3, 0.4) is 0 Å². The van der Waals surface area contributed by atoms with E-state index in [1.54, 1.807) is 35.0 Å². The maximum atomic E-state index is 11.6. The lowest BCUT2D eigenvalue weighted by Crippen LogP contribution is -2.11. The average Bonchev–Trinajstić information content (AvgIpc) is 2.92. The molecular weight excluding hydrogens is 262 g/mol. The lowest BCUT2D eigenvalue weighted by atomic mass is 10.1. The summed E-state index contributed by atoms with van der Waals surface area (Å²) in [7, 11) is 1.35. The fraction of sp³-hybridized carbons (Fsp3) is 0.231. The topological polar surface area (TPSA) is 77.2 Å². The van der Waals surface area contributed by atoms with Crippen molar-refractivity contribution in [2.75, 3.05) is 24.7 Å². The summed E-state index contributed by atoms with van der Waals surface area (Å²) in [6.07, 6.45) is 0.800. The van der Waals surface area contributed by atoms with Crippen LogP contribution < -0.4 is 11.1 Å². The second-order valence-electron chi connectivity index (χ2n) is 3.95. The van der Waals surface area contributed by atoms with Crippen molar-refractivity contribution in [2.24, 2.45) is 0 Å². The first-order valence-electron chi connectivity index (χ1n) is 5.79. The minimum Gasteiger partial charge on any atom is -0.465 e. The number of anilines is 2. The molecule has 0 aliphatic rings. The van der Waals surface area contributed by atoms with Gasteiger partial charge >= 0.3 is 5.97 Å². The van der Waals surface area contributed by atoms with Gasteiger partial charge in [0.05, 0.1) is 23.9 Å². The molecule has 0 saturated carbocycles. The number of carbonyl (C=O) groups is 1. The molecule has 100 valence electrons. The summed E-state index contributed by atoms with van der Waals surface area (Å²) in [5, 5.41) is 5.21. The highest BCUT2D eigenvalue weighted by Crippen LogP contribution is 2.20. The molecule has 0 saturated heterocycles. The smallest absolute Gasteiger partial charge is 0.340 e. The zero-order chi connectivity index (χ0) is 13.7. The van der Waals surface area contributed by atoms with Gasteiger partial charge < -0.3 is 15.8 Å². The number of hydrogen-bond acceptors (Lipinski definition) is 6. The summed E-state index contributed by atoms with van der Waals surface area (Å²) in [4.78, 5) is 15.9. The van der Waals surface area contributed by atoms with Gasteiger partial charge in [0.1, 0.15) is 0 Å². The number of thiazole rings is 1. The monoisotopic (exact) mass is 277 g/mol. The summed E-state index contributed by atoms with van der Waals surface area (Å²) in [5.74, 6) is -0.400. The molecule has 0 radical (unpaired) electrons. The van der Waals surface area contributed by atoms with E-state index in [1.807, 2.05) is 5.38 Å². The molecule has 1 aromatic carbocycles. The van der Waals surface area contributed by atoms with Gasteiger partial charge in [0.2, 0.25) is 0 Å². The Morgan fingerprint density at radius 1 is 1.53 bits per heavy atom. The van der Waals surface area contributed by atoms with E-state index >= 15 is 0 Å². The second kappa shape index (κ2) is 6.19. The van der Waals surface area contributed by atoms with Gasteiger partial charge in [-0.15, -0.1) is 11.3 Å². The van der Waals surface area contributed by atoms with Gasteiger partial charge in [0, 0.05) is 29.7 Å². The van der Waals surface area contributed by atoms with Crippen LogP contribution in [0.2, 0.25) is 0 Å². The summed E-state index contributed by atoms with van der Waals surface area (Å²) >= 11 is 1.57. The molecule has 1 heterocycles. The molecule has 0 atom stereocenters. The lowest BCUT2D eigenvalue weighted by molar-refractivity contribution is 0.0602. The molecule has 0 fully saturated rings. The van der Waals surface area contributed by atoms with E-state index in [9.17, 15) is 4.79 Å². The van der Waals surface area contributed by atoms with E-state index < -0.39 is 5.97 Å². The number of nitrogens with one attached hydrogen (secondary N) is 1. The number of nitrogens with two attached hydrogens (primary N) is 1. The average molecular weight is 277 g/mol. The van der Waals surface area contributed by atoms with Crippen LogP contribution in [0.15, 0.2) is 29.1 Å². The first-order valence-corrected chi connectivity index (χ1v) is 6.74. The van der Waals surface area contributed by atoms with Crippen molar-refractivity contribution in [1.29, 1.82) is 0 Å². The minimum absolute atomic E-state index is 0.400. The van der Waals surface area contributed by atoms with Gasteiger partial charge in [-0.25, -0.2) is 9.78 Å². The van der Waals surface area contributed by atoms with Crippen LogP contribution in [0.5, 0.6) is 0 Å². The highest BCUT2D eigenvalue weighted by Gasteiger charge is 2.11. The van der Waals surface area contributed by atoms with Crippen molar-refractivity contribution >= 4 is 28.7 Å². The number of hydrogen-bond donors (Lipinski definition) is 2. The van der Waals surface area contributed by atoms with E-state index in [2.05, 4.69) is 10.3 Å². The molecule has 1 aromatic heterocycles. The Bertz CT molecular complexity index is 555. The van der Waals surface area contributed by atoms with E-state index in [1.165, 1.54) is 7.11 Å². The van der Waals surface area contributed by atoms with Crippen LogP contribution in [-0.2, 0) is 11.2 Å². The van der Waals surface area contributed by atoms with Gasteiger partial charge in [-0.3, -0.25) is 0 Å². The maximum absolute atomic E-state index is 11.6. The molecule has 5 nitrogen and oxygen atoms in total. The Hall–Kier alpha value is -2.08. The number of aromatic nitrogens is 1. The molecule has 0 aliphatic carbocycles. The Morgan fingerprint density at radius 3 is 3.05 bits per heavy atom. The molecule has 6 heteroatoms. The maximum Gasteiger partial charge on any atom is 0.340 e. The Labute approximate surface area is 115 Å². The quantitative estimate of drug-likeness (QED) is 0.647. The third kappa shape index (κ3) is 3.45. The molecule has 3 N–H and O–H groups in total. The molecule has 0 unspecified atom stereocenters. The first kappa shape index (κ1) is 13.4. The zero-order valence-corrected chi connectivity index (χ0v) is 11.4. The van der Waals surface area contributed by atoms with E-state index in [4.69, 9.17) is 10.5 Å². The summed E-state index contributed by atoms with van der Waals surface area (Å²) in [6, 6.07) is 5.14. The van der Waals surface area contributed by atoms with Crippen LogP contribution in [-0.4, -0.2) is 24.6 Å². The lowest BCUT2D eigenvalue weighted by Gasteiger charge is -2.11. The number of esters is 1. The van der Waals surface area contributed by atoms with Crippen molar-refractivity contribution in [2.45, 2.75) is 6.42 Å². The third-order valence-electron chi connectivity index (χ3n) is 2.63. The number of nitrogens with zero attached hydrogens (tertiary/aromatic N) is 1. The highest BCUT2D eigenvalue weighted by molar-refractivity contribution is 7.07. The predicted octanol–water partition coefficient (Wildman–Crippen LogP) is 2.17. The van der Waals surface area contributed by atoms with Crippen molar-refractivity contribution in [3.63, 3.8) is 0 Å². The highest BCUT2D eigenvalue weighted by atomic mass is 32.1. The van der Waals surface area contributed by atoms with Crippen molar-refractivity contribution < 1.29 is 9.53 Å². The number of rotatable bonds is 5. The van der Waals surface area contributed by atoms with Crippen LogP contribution in [0.1, 0.15) is 16.1 Å². The van der Waals surface area contributed by atoms with Crippen LogP contribution >= 0.6 is 11.3 Å².